The van der Waals surface area contributed by atoms with E-state index >= 15 is 0 Å². The van der Waals surface area contributed by atoms with Crippen LogP contribution in [0.5, 0.6) is 0 Å². The standard InChI is InChI=1S/C15H23N/c1-4-11(2)15(16-3)14-10-13(14)12-8-6-5-7-9-12/h5-9,11,13-16H,4,10H2,1-3H3. The fraction of sp³-hybridized carbons (Fsp3) is 0.600. The topological polar surface area (TPSA) is 12.0 Å². The predicted octanol–water partition coefficient (Wildman–Crippen LogP) is 3.42. The van der Waals surface area contributed by atoms with Gasteiger partial charge in [0, 0.05) is 6.04 Å². The highest BCUT2D eigenvalue weighted by molar-refractivity contribution is 5.26. The summed E-state index contributed by atoms with van der Waals surface area (Å²) in [5.41, 5.74) is 1.52. The van der Waals surface area contributed by atoms with E-state index in [4.69, 9.17) is 0 Å². The van der Waals surface area contributed by atoms with Crippen molar-refractivity contribution in [1.82, 2.24) is 5.32 Å². The zero-order valence-electron chi connectivity index (χ0n) is 10.6. The van der Waals surface area contributed by atoms with Crippen molar-refractivity contribution in [2.75, 3.05) is 7.05 Å². The van der Waals surface area contributed by atoms with Gasteiger partial charge in [-0.15, -0.1) is 0 Å². The van der Waals surface area contributed by atoms with Crippen molar-refractivity contribution in [3.05, 3.63) is 35.9 Å². The quantitative estimate of drug-likeness (QED) is 0.797. The molecule has 1 aliphatic carbocycles. The smallest absolute Gasteiger partial charge is 0.0124 e. The van der Waals surface area contributed by atoms with Gasteiger partial charge in [0.15, 0.2) is 0 Å². The van der Waals surface area contributed by atoms with Crippen LogP contribution in [0.4, 0.5) is 0 Å². The predicted molar refractivity (Wildman–Crippen MR) is 69.6 cm³/mol. The first kappa shape index (κ1) is 11.7. The second-order valence-electron chi connectivity index (χ2n) is 5.12. The molecule has 16 heavy (non-hydrogen) atoms. The summed E-state index contributed by atoms with van der Waals surface area (Å²) < 4.78 is 0. The number of hydrogen-bond acceptors (Lipinski definition) is 1. The molecule has 1 nitrogen and oxygen atoms in total. The molecule has 0 aliphatic heterocycles. The lowest BCUT2D eigenvalue weighted by atomic mass is 9.93. The Bertz CT molecular complexity index is 319. The van der Waals surface area contributed by atoms with Gasteiger partial charge in [-0.25, -0.2) is 0 Å². The molecule has 1 aromatic rings. The molecule has 4 unspecified atom stereocenters. The summed E-state index contributed by atoms with van der Waals surface area (Å²) in [6.45, 7) is 4.65. The Morgan fingerprint density at radius 3 is 2.56 bits per heavy atom. The normalized spacial score (nSPS) is 27.4. The Kier molecular flexibility index (Phi) is 3.65. The van der Waals surface area contributed by atoms with Gasteiger partial charge < -0.3 is 5.32 Å². The zero-order valence-corrected chi connectivity index (χ0v) is 10.6. The van der Waals surface area contributed by atoms with E-state index in [2.05, 4.69) is 56.5 Å². The van der Waals surface area contributed by atoms with Gasteiger partial charge in [-0.3, -0.25) is 0 Å². The third-order valence-electron chi connectivity index (χ3n) is 4.12. The number of hydrogen-bond donors (Lipinski definition) is 1. The van der Waals surface area contributed by atoms with Crippen molar-refractivity contribution in [3.63, 3.8) is 0 Å². The first-order valence-corrected chi connectivity index (χ1v) is 6.50. The molecule has 2 rings (SSSR count). The summed E-state index contributed by atoms with van der Waals surface area (Å²) in [6.07, 6.45) is 2.63. The Labute approximate surface area is 99.3 Å². The molecule has 1 aromatic carbocycles. The maximum Gasteiger partial charge on any atom is 0.0124 e. The molecule has 4 atom stereocenters. The molecular formula is C15H23N. The molecule has 0 aromatic heterocycles. The molecule has 0 spiro atoms. The minimum absolute atomic E-state index is 0.690. The maximum absolute atomic E-state index is 3.51. The van der Waals surface area contributed by atoms with Gasteiger partial charge in [-0.05, 0) is 36.8 Å². The third-order valence-corrected chi connectivity index (χ3v) is 4.12. The fourth-order valence-corrected chi connectivity index (χ4v) is 2.87. The van der Waals surface area contributed by atoms with Gasteiger partial charge in [0.25, 0.3) is 0 Å². The van der Waals surface area contributed by atoms with Gasteiger partial charge >= 0.3 is 0 Å². The van der Waals surface area contributed by atoms with E-state index in [1.807, 2.05) is 0 Å². The number of nitrogens with one attached hydrogen (secondary N) is 1. The third kappa shape index (κ3) is 2.30. The highest BCUT2D eigenvalue weighted by Crippen LogP contribution is 2.51. The van der Waals surface area contributed by atoms with Crippen molar-refractivity contribution in [2.24, 2.45) is 11.8 Å². The van der Waals surface area contributed by atoms with Crippen LogP contribution in [-0.4, -0.2) is 13.1 Å². The second-order valence-corrected chi connectivity index (χ2v) is 5.12. The molecule has 0 saturated heterocycles. The monoisotopic (exact) mass is 217 g/mol. The summed E-state index contributed by atoms with van der Waals surface area (Å²) in [7, 11) is 2.11. The highest BCUT2D eigenvalue weighted by Gasteiger charge is 2.44. The minimum Gasteiger partial charge on any atom is -0.316 e. The fourth-order valence-electron chi connectivity index (χ4n) is 2.87. The van der Waals surface area contributed by atoms with Crippen molar-refractivity contribution in [3.8, 4) is 0 Å². The maximum atomic E-state index is 3.51. The Morgan fingerprint density at radius 2 is 2.00 bits per heavy atom. The molecule has 88 valence electrons. The summed E-state index contributed by atoms with van der Waals surface area (Å²) in [4.78, 5) is 0. The van der Waals surface area contributed by atoms with Gasteiger partial charge in [-0.1, -0.05) is 50.6 Å². The molecule has 1 saturated carbocycles. The van der Waals surface area contributed by atoms with E-state index in [-0.39, 0.29) is 0 Å². The summed E-state index contributed by atoms with van der Waals surface area (Å²) >= 11 is 0. The van der Waals surface area contributed by atoms with Crippen LogP contribution in [-0.2, 0) is 0 Å². The molecule has 0 amide bonds. The highest BCUT2D eigenvalue weighted by atomic mass is 14.9. The average Bonchev–Trinajstić information content (AvgIpc) is 3.11. The van der Waals surface area contributed by atoms with Crippen LogP contribution in [0.15, 0.2) is 30.3 Å². The lowest BCUT2D eigenvalue weighted by molar-refractivity contribution is 0.348. The van der Waals surface area contributed by atoms with E-state index in [0.717, 1.165) is 17.8 Å². The lowest BCUT2D eigenvalue weighted by Crippen LogP contribution is -2.34. The van der Waals surface area contributed by atoms with Crippen LogP contribution in [0.1, 0.15) is 38.2 Å². The van der Waals surface area contributed by atoms with Crippen molar-refractivity contribution in [2.45, 2.75) is 38.6 Å². The molecule has 1 aliphatic rings. The zero-order chi connectivity index (χ0) is 11.5. The molecule has 0 heterocycles. The molecule has 0 radical (unpaired) electrons. The van der Waals surface area contributed by atoms with Crippen molar-refractivity contribution >= 4 is 0 Å². The molecule has 1 fully saturated rings. The van der Waals surface area contributed by atoms with Gasteiger partial charge in [0.2, 0.25) is 0 Å². The van der Waals surface area contributed by atoms with E-state index in [1.54, 1.807) is 0 Å². The van der Waals surface area contributed by atoms with Crippen LogP contribution in [0, 0.1) is 11.8 Å². The first-order chi connectivity index (χ1) is 7.77. The summed E-state index contributed by atoms with van der Waals surface area (Å²) in [6, 6.07) is 11.6. The van der Waals surface area contributed by atoms with Crippen molar-refractivity contribution in [1.29, 1.82) is 0 Å². The molecule has 1 N–H and O–H groups in total. The van der Waals surface area contributed by atoms with Crippen LogP contribution in [0.3, 0.4) is 0 Å². The second kappa shape index (κ2) is 5.01. The van der Waals surface area contributed by atoms with E-state index < -0.39 is 0 Å². The van der Waals surface area contributed by atoms with E-state index in [0.29, 0.717) is 6.04 Å². The Balaban J connectivity index is 2.00. The van der Waals surface area contributed by atoms with E-state index in [1.165, 1.54) is 18.4 Å². The van der Waals surface area contributed by atoms with Gasteiger partial charge in [-0.2, -0.15) is 0 Å². The molecular weight excluding hydrogens is 194 g/mol. The lowest BCUT2D eigenvalue weighted by Gasteiger charge is -2.22. The SMILES string of the molecule is CCC(C)C(NC)C1CC1c1ccccc1. The van der Waals surface area contributed by atoms with E-state index in [9.17, 15) is 0 Å². The van der Waals surface area contributed by atoms with Crippen LogP contribution >= 0.6 is 0 Å². The summed E-state index contributed by atoms with van der Waals surface area (Å²) in [5.74, 6) is 2.43. The number of benzene rings is 1. The van der Waals surface area contributed by atoms with Crippen LogP contribution < -0.4 is 5.32 Å². The van der Waals surface area contributed by atoms with Gasteiger partial charge in [0.05, 0.1) is 0 Å². The van der Waals surface area contributed by atoms with Crippen LogP contribution in [0.2, 0.25) is 0 Å². The molecule has 1 heteroatoms. The Morgan fingerprint density at radius 1 is 1.31 bits per heavy atom. The number of rotatable bonds is 5. The summed E-state index contributed by atoms with van der Waals surface area (Å²) in [5, 5.41) is 3.51. The average molecular weight is 217 g/mol. The first-order valence-electron chi connectivity index (χ1n) is 6.50. The van der Waals surface area contributed by atoms with Crippen LogP contribution in [0.25, 0.3) is 0 Å². The van der Waals surface area contributed by atoms with Crippen molar-refractivity contribution < 1.29 is 0 Å². The minimum atomic E-state index is 0.690. The molecule has 0 bridgehead atoms. The largest absolute Gasteiger partial charge is 0.316 e. The van der Waals surface area contributed by atoms with Gasteiger partial charge in [0.1, 0.15) is 0 Å². The Hall–Kier alpha value is -0.820.